The molecule has 0 unspecified atom stereocenters. The molecule has 3 aliphatic rings. The van der Waals surface area contributed by atoms with Gasteiger partial charge in [0, 0.05) is 39.3 Å². The second-order valence-corrected chi connectivity index (χ2v) is 10.1. The number of nitrogens with zero attached hydrogens (tertiary/aromatic N) is 1. The zero-order chi connectivity index (χ0) is 23.9. The van der Waals surface area contributed by atoms with Crippen LogP contribution in [0.1, 0.15) is 48.3 Å². The van der Waals surface area contributed by atoms with E-state index in [0.29, 0.717) is 19.1 Å². The number of methoxy groups -OCH3 is 1. The Labute approximate surface area is 209 Å². The molecule has 2 aliphatic heterocycles. The molecule has 5 rings (SSSR count). The molecule has 0 aromatic heterocycles. The van der Waals surface area contributed by atoms with E-state index in [9.17, 15) is 0 Å². The van der Waals surface area contributed by atoms with Gasteiger partial charge in [0.2, 0.25) is 0 Å². The molecule has 6 heteroatoms. The number of piperidine rings is 1. The van der Waals surface area contributed by atoms with Crippen molar-refractivity contribution in [1.82, 2.24) is 5.32 Å². The molecule has 0 amide bonds. The van der Waals surface area contributed by atoms with E-state index in [1.165, 1.54) is 35.2 Å². The van der Waals surface area contributed by atoms with E-state index in [1.54, 1.807) is 7.11 Å². The Morgan fingerprint density at radius 1 is 1.03 bits per heavy atom. The average Bonchev–Trinajstić information content (AvgIpc) is 3.73. The predicted octanol–water partition coefficient (Wildman–Crippen LogP) is 4.51. The number of hydrogen-bond donors (Lipinski definition) is 1. The summed E-state index contributed by atoms with van der Waals surface area (Å²) in [6.07, 6.45) is 4.93. The Kier molecular flexibility index (Phi) is 8.58. The summed E-state index contributed by atoms with van der Waals surface area (Å²) in [6, 6.07) is 15.5. The molecular weight excluding hydrogens is 440 g/mol. The molecule has 1 saturated carbocycles. The minimum Gasteiger partial charge on any atom is -0.490 e. The fourth-order valence-electron chi connectivity index (χ4n) is 5.12. The van der Waals surface area contributed by atoms with Gasteiger partial charge in [-0.1, -0.05) is 30.3 Å². The fourth-order valence-corrected chi connectivity index (χ4v) is 5.12. The lowest BCUT2D eigenvalue weighted by Crippen LogP contribution is -2.41. The smallest absolute Gasteiger partial charge is 0.142 e. The van der Waals surface area contributed by atoms with E-state index in [4.69, 9.17) is 18.9 Å². The molecule has 190 valence electrons. The van der Waals surface area contributed by atoms with E-state index in [1.807, 2.05) is 0 Å². The molecule has 2 heterocycles. The van der Waals surface area contributed by atoms with Crippen LogP contribution in [0.25, 0.3) is 0 Å². The van der Waals surface area contributed by atoms with Gasteiger partial charge in [-0.2, -0.15) is 0 Å². The number of fused-ring (bicyclic) bond motifs is 1. The van der Waals surface area contributed by atoms with E-state index in [-0.39, 0.29) is 6.10 Å². The van der Waals surface area contributed by atoms with Gasteiger partial charge < -0.3 is 29.2 Å². The van der Waals surface area contributed by atoms with Gasteiger partial charge in [-0.15, -0.1) is 0 Å². The summed E-state index contributed by atoms with van der Waals surface area (Å²) in [4.78, 5) is 2.41. The standard InChI is InChI=1S/C29H40N2O4/c1-32-15-2-13-31-14-16-34-28-10-7-24(17-27(28)31)21-35-29-18-30-12-11-26(29)25-8-5-23(6-9-25)20-33-19-22-3-4-22/h5-10,17,22,26,29-30H,2-4,11-16,18-21H2,1H3/t26-,29+/m1/s1. The number of anilines is 1. The van der Waals surface area contributed by atoms with Gasteiger partial charge in [-0.3, -0.25) is 0 Å². The van der Waals surface area contributed by atoms with Crippen LogP contribution in [0.3, 0.4) is 0 Å². The quantitative estimate of drug-likeness (QED) is 0.451. The Bertz CT molecular complexity index is 931. The van der Waals surface area contributed by atoms with Crippen LogP contribution in [-0.4, -0.2) is 59.2 Å². The molecule has 1 N–H and O–H groups in total. The highest BCUT2D eigenvalue weighted by molar-refractivity contribution is 5.61. The summed E-state index contributed by atoms with van der Waals surface area (Å²) in [7, 11) is 1.76. The number of ether oxygens (including phenoxy) is 4. The monoisotopic (exact) mass is 480 g/mol. The van der Waals surface area contributed by atoms with Crippen molar-refractivity contribution in [1.29, 1.82) is 0 Å². The van der Waals surface area contributed by atoms with Crippen LogP contribution in [0.2, 0.25) is 0 Å². The van der Waals surface area contributed by atoms with Crippen LogP contribution in [0.4, 0.5) is 5.69 Å². The highest BCUT2D eigenvalue weighted by Gasteiger charge is 2.27. The van der Waals surface area contributed by atoms with Crippen molar-refractivity contribution in [2.24, 2.45) is 5.92 Å². The summed E-state index contributed by atoms with van der Waals surface area (Å²) >= 11 is 0. The molecule has 2 aromatic rings. The van der Waals surface area contributed by atoms with Crippen molar-refractivity contribution in [2.45, 2.75) is 50.9 Å². The molecule has 0 spiro atoms. The minimum atomic E-state index is 0.158. The molecule has 2 fully saturated rings. The molecule has 1 aliphatic carbocycles. The van der Waals surface area contributed by atoms with Gasteiger partial charge in [-0.25, -0.2) is 0 Å². The number of nitrogens with one attached hydrogen (secondary N) is 1. The Balaban J connectivity index is 1.18. The van der Waals surface area contributed by atoms with Crippen molar-refractivity contribution in [3.63, 3.8) is 0 Å². The molecule has 2 aromatic carbocycles. The number of benzene rings is 2. The first-order valence-corrected chi connectivity index (χ1v) is 13.3. The topological polar surface area (TPSA) is 52.2 Å². The summed E-state index contributed by atoms with van der Waals surface area (Å²) < 4.78 is 23.5. The maximum absolute atomic E-state index is 6.52. The first-order chi connectivity index (χ1) is 17.3. The van der Waals surface area contributed by atoms with Crippen LogP contribution in [-0.2, 0) is 27.4 Å². The van der Waals surface area contributed by atoms with Crippen LogP contribution in [0.15, 0.2) is 42.5 Å². The lowest BCUT2D eigenvalue weighted by Gasteiger charge is -2.33. The van der Waals surface area contributed by atoms with Gasteiger partial charge in [0.1, 0.15) is 12.4 Å². The van der Waals surface area contributed by atoms with Crippen LogP contribution < -0.4 is 15.0 Å². The molecule has 6 nitrogen and oxygen atoms in total. The normalized spacial score (nSPS) is 22.0. The molecule has 0 radical (unpaired) electrons. The summed E-state index contributed by atoms with van der Waals surface area (Å²) in [5.74, 6) is 2.18. The number of rotatable bonds is 12. The van der Waals surface area contributed by atoms with Crippen molar-refractivity contribution in [3.8, 4) is 5.75 Å². The van der Waals surface area contributed by atoms with Gasteiger partial charge in [-0.05, 0) is 67.0 Å². The Hall–Kier alpha value is -2.12. The SMILES string of the molecule is COCCCN1CCOc2ccc(CO[C@H]3CNCC[C@@H]3c3ccc(COCC4CC4)cc3)cc21. The van der Waals surface area contributed by atoms with Crippen molar-refractivity contribution < 1.29 is 18.9 Å². The van der Waals surface area contributed by atoms with Gasteiger partial charge in [0.05, 0.1) is 31.5 Å². The Morgan fingerprint density at radius 3 is 2.71 bits per heavy atom. The van der Waals surface area contributed by atoms with Gasteiger partial charge in [0.15, 0.2) is 0 Å². The van der Waals surface area contributed by atoms with Crippen molar-refractivity contribution in [2.75, 3.05) is 58.0 Å². The van der Waals surface area contributed by atoms with E-state index in [0.717, 1.165) is 70.5 Å². The van der Waals surface area contributed by atoms with Crippen LogP contribution in [0, 0.1) is 5.92 Å². The summed E-state index contributed by atoms with van der Waals surface area (Å²) in [5, 5.41) is 3.53. The average molecular weight is 481 g/mol. The lowest BCUT2D eigenvalue weighted by atomic mass is 9.87. The molecule has 1 saturated heterocycles. The third-order valence-corrected chi connectivity index (χ3v) is 7.38. The molecule has 35 heavy (non-hydrogen) atoms. The maximum atomic E-state index is 6.52. The van der Waals surface area contributed by atoms with Crippen LogP contribution in [0.5, 0.6) is 5.75 Å². The van der Waals surface area contributed by atoms with E-state index in [2.05, 4.69) is 52.7 Å². The first kappa shape index (κ1) is 24.6. The second kappa shape index (κ2) is 12.2. The predicted molar refractivity (Wildman–Crippen MR) is 138 cm³/mol. The summed E-state index contributed by atoms with van der Waals surface area (Å²) in [5.41, 5.74) is 4.99. The summed E-state index contributed by atoms with van der Waals surface area (Å²) in [6.45, 7) is 7.55. The zero-order valence-electron chi connectivity index (χ0n) is 21.0. The maximum Gasteiger partial charge on any atom is 0.142 e. The van der Waals surface area contributed by atoms with Crippen molar-refractivity contribution >= 4 is 5.69 Å². The third kappa shape index (κ3) is 6.76. The molecule has 0 bridgehead atoms. The fraction of sp³-hybridized carbons (Fsp3) is 0.586. The van der Waals surface area contributed by atoms with E-state index < -0.39 is 0 Å². The zero-order valence-corrected chi connectivity index (χ0v) is 21.0. The largest absolute Gasteiger partial charge is 0.490 e. The van der Waals surface area contributed by atoms with Gasteiger partial charge >= 0.3 is 0 Å². The second-order valence-electron chi connectivity index (χ2n) is 10.1. The highest BCUT2D eigenvalue weighted by Crippen LogP contribution is 2.34. The lowest BCUT2D eigenvalue weighted by molar-refractivity contribution is 0.0106. The molecular formula is C29H40N2O4. The third-order valence-electron chi connectivity index (χ3n) is 7.38. The van der Waals surface area contributed by atoms with E-state index >= 15 is 0 Å². The Morgan fingerprint density at radius 2 is 1.89 bits per heavy atom. The number of hydrogen-bond acceptors (Lipinski definition) is 6. The van der Waals surface area contributed by atoms with Crippen molar-refractivity contribution in [3.05, 3.63) is 59.2 Å². The van der Waals surface area contributed by atoms with Gasteiger partial charge in [0.25, 0.3) is 0 Å². The molecule has 2 atom stereocenters. The highest BCUT2D eigenvalue weighted by atomic mass is 16.5. The van der Waals surface area contributed by atoms with Crippen LogP contribution >= 0.6 is 0 Å². The minimum absolute atomic E-state index is 0.158. The first-order valence-electron chi connectivity index (χ1n) is 13.3.